The lowest BCUT2D eigenvalue weighted by molar-refractivity contribution is -0.144. The molecule has 1 atom stereocenters. The van der Waals surface area contributed by atoms with E-state index in [0.717, 1.165) is 12.8 Å². The monoisotopic (exact) mass is 363 g/mol. The van der Waals surface area contributed by atoms with Crippen LogP contribution in [0, 0.1) is 0 Å². The smallest absolute Gasteiger partial charge is 0.320 e. The van der Waals surface area contributed by atoms with E-state index >= 15 is 0 Å². The maximum absolute atomic E-state index is 12.4. The molecular formula is C15H22ClNO5S. The van der Waals surface area contributed by atoms with Crippen molar-refractivity contribution in [3.8, 4) is 5.75 Å². The summed E-state index contributed by atoms with van der Waals surface area (Å²) in [7, 11) is -1.97. The third-order valence-corrected chi connectivity index (χ3v) is 5.64. The highest BCUT2D eigenvalue weighted by atomic mass is 35.5. The molecule has 0 aliphatic carbocycles. The number of halogens is 1. The Labute approximate surface area is 142 Å². The second kappa shape index (κ2) is 8.52. The van der Waals surface area contributed by atoms with Crippen LogP contribution in [-0.4, -0.2) is 56.4 Å². The zero-order valence-corrected chi connectivity index (χ0v) is 14.6. The van der Waals surface area contributed by atoms with Crippen molar-refractivity contribution in [1.82, 2.24) is 4.90 Å². The molecule has 1 aromatic rings. The van der Waals surface area contributed by atoms with Crippen LogP contribution < -0.4 is 4.74 Å². The lowest BCUT2D eigenvalue weighted by atomic mass is 10.0. The van der Waals surface area contributed by atoms with Gasteiger partial charge in [-0.05, 0) is 37.6 Å². The van der Waals surface area contributed by atoms with Gasteiger partial charge in [-0.1, -0.05) is 12.5 Å². The van der Waals surface area contributed by atoms with Crippen molar-refractivity contribution in [2.45, 2.75) is 30.2 Å². The van der Waals surface area contributed by atoms with E-state index in [2.05, 4.69) is 0 Å². The summed E-state index contributed by atoms with van der Waals surface area (Å²) in [5.74, 6) is -0.481. The number of ether oxygens (including phenoxy) is 1. The zero-order valence-electron chi connectivity index (χ0n) is 13.0. The van der Waals surface area contributed by atoms with Gasteiger partial charge in [-0.15, -0.1) is 12.4 Å². The number of benzene rings is 1. The van der Waals surface area contributed by atoms with Gasteiger partial charge in [0, 0.05) is 6.54 Å². The zero-order chi connectivity index (χ0) is 16.2. The van der Waals surface area contributed by atoms with E-state index in [4.69, 9.17) is 4.74 Å². The number of sulfone groups is 1. The number of hydrogen-bond donors (Lipinski definition) is 1. The van der Waals surface area contributed by atoms with Gasteiger partial charge in [0.15, 0.2) is 9.84 Å². The Kier molecular flexibility index (Phi) is 7.31. The van der Waals surface area contributed by atoms with Gasteiger partial charge < -0.3 is 9.84 Å². The molecule has 6 nitrogen and oxygen atoms in total. The van der Waals surface area contributed by atoms with E-state index in [9.17, 15) is 18.3 Å². The Morgan fingerprint density at radius 2 is 2.13 bits per heavy atom. The van der Waals surface area contributed by atoms with Gasteiger partial charge in [0.2, 0.25) is 0 Å². The molecule has 1 aliphatic heterocycles. The normalized spacial score (nSPS) is 18.9. The van der Waals surface area contributed by atoms with Crippen molar-refractivity contribution in [3.05, 3.63) is 24.3 Å². The van der Waals surface area contributed by atoms with Crippen molar-refractivity contribution in [1.29, 1.82) is 0 Å². The minimum atomic E-state index is -3.46. The quantitative estimate of drug-likeness (QED) is 0.830. The van der Waals surface area contributed by atoms with Crippen LogP contribution in [0.1, 0.15) is 19.3 Å². The van der Waals surface area contributed by atoms with Gasteiger partial charge in [0.25, 0.3) is 0 Å². The van der Waals surface area contributed by atoms with E-state index in [-0.39, 0.29) is 29.6 Å². The third kappa shape index (κ3) is 5.09. The summed E-state index contributed by atoms with van der Waals surface area (Å²) in [5.41, 5.74) is 0. The molecule has 1 unspecified atom stereocenters. The topological polar surface area (TPSA) is 83.9 Å². The maximum Gasteiger partial charge on any atom is 0.320 e. The van der Waals surface area contributed by atoms with Crippen LogP contribution in [0.2, 0.25) is 0 Å². The molecule has 1 N–H and O–H groups in total. The summed E-state index contributed by atoms with van der Waals surface area (Å²) in [5, 5.41) is 9.22. The SMILES string of the molecule is COc1cccc(S(=O)(=O)CCN2CCCCC2C(=O)O)c1.Cl. The molecule has 1 aliphatic rings. The molecule has 0 bridgehead atoms. The van der Waals surface area contributed by atoms with Crippen molar-refractivity contribution >= 4 is 28.2 Å². The molecule has 8 heteroatoms. The standard InChI is InChI=1S/C15H21NO5S.ClH/c1-21-12-5-4-6-13(11-12)22(19,20)10-9-16-8-3-2-7-14(16)15(17)18;/h4-6,11,14H,2-3,7-10H2,1H3,(H,17,18);1H. The summed E-state index contributed by atoms with van der Waals surface area (Å²) >= 11 is 0. The van der Waals surface area contributed by atoms with Gasteiger partial charge in [-0.25, -0.2) is 8.42 Å². The second-order valence-corrected chi connectivity index (χ2v) is 7.49. The number of rotatable bonds is 6. The highest BCUT2D eigenvalue weighted by Gasteiger charge is 2.29. The number of carbonyl (C=O) groups is 1. The minimum absolute atomic E-state index is 0. The van der Waals surface area contributed by atoms with E-state index in [1.165, 1.54) is 19.2 Å². The van der Waals surface area contributed by atoms with Crippen molar-refractivity contribution in [2.24, 2.45) is 0 Å². The number of methoxy groups -OCH3 is 1. The largest absolute Gasteiger partial charge is 0.497 e. The summed E-state index contributed by atoms with van der Waals surface area (Å²) in [6.07, 6.45) is 2.35. The van der Waals surface area contributed by atoms with Gasteiger partial charge in [0.05, 0.1) is 17.8 Å². The molecule has 0 saturated carbocycles. The number of carboxylic acid groups (broad SMARTS) is 1. The fourth-order valence-electron chi connectivity index (χ4n) is 2.69. The number of carboxylic acids is 1. The molecule has 1 fully saturated rings. The first-order valence-electron chi connectivity index (χ1n) is 7.28. The first-order chi connectivity index (χ1) is 10.4. The molecule has 0 spiro atoms. The molecule has 1 aromatic carbocycles. The first-order valence-corrected chi connectivity index (χ1v) is 8.93. The van der Waals surface area contributed by atoms with Crippen LogP contribution in [0.3, 0.4) is 0 Å². The fourth-order valence-corrected chi connectivity index (χ4v) is 3.98. The third-order valence-electron chi connectivity index (χ3n) is 3.95. The predicted molar refractivity (Wildman–Crippen MR) is 89.1 cm³/mol. The molecule has 0 radical (unpaired) electrons. The Morgan fingerprint density at radius 3 is 2.78 bits per heavy atom. The second-order valence-electron chi connectivity index (χ2n) is 5.38. The summed E-state index contributed by atoms with van der Waals surface area (Å²) in [6.45, 7) is 0.862. The van der Waals surface area contributed by atoms with Gasteiger partial charge >= 0.3 is 5.97 Å². The Hall–Kier alpha value is -1.31. The molecular weight excluding hydrogens is 342 g/mol. The number of piperidine rings is 1. The van der Waals surface area contributed by atoms with Gasteiger partial charge in [-0.2, -0.15) is 0 Å². The van der Waals surface area contributed by atoms with Crippen LogP contribution in [-0.2, 0) is 14.6 Å². The lowest BCUT2D eigenvalue weighted by Crippen LogP contribution is -2.46. The van der Waals surface area contributed by atoms with Crippen LogP contribution in [0.15, 0.2) is 29.2 Å². The van der Waals surface area contributed by atoms with Gasteiger partial charge in [0.1, 0.15) is 11.8 Å². The molecule has 1 heterocycles. The highest BCUT2D eigenvalue weighted by molar-refractivity contribution is 7.91. The Balaban J connectivity index is 0.00000264. The van der Waals surface area contributed by atoms with Crippen molar-refractivity contribution in [3.63, 3.8) is 0 Å². The molecule has 23 heavy (non-hydrogen) atoms. The average molecular weight is 364 g/mol. The Morgan fingerprint density at radius 1 is 1.39 bits per heavy atom. The number of hydrogen-bond acceptors (Lipinski definition) is 5. The molecule has 0 amide bonds. The van der Waals surface area contributed by atoms with Crippen LogP contribution in [0.25, 0.3) is 0 Å². The molecule has 130 valence electrons. The predicted octanol–water partition coefficient (Wildman–Crippen LogP) is 1.83. The Bertz CT molecular complexity index is 635. The number of likely N-dealkylation sites (tertiary alicyclic amines) is 1. The van der Waals surface area contributed by atoms with Crippen molar-refractivity contribution < 1.29 is 23.1 Å². The van der Waals surface area contributed by atoms with E-state index in [1.807, 2.05) is 0 Å². The first kappa shape index (κ1) is 19.7. The van der Waals surface area contributed by atoms with E-state index in [1.54, 1.807) is 17.0 Å². The summed E-state index contributed by atoms with van der Waals surface area (Å²) in [4.78, 5) is 13.2. The molecule has 1 saturated heterocycles. The van der Waals surface area contributed by atoms with E-state index in [0.29, 0.717) is 18.7 Å². The van der Waals surface area contributed by atoms with Crippen molar-refractivity contribution in [2.75, 3.05) is 26.0 Å². The minimum Gasteiger partial charge on any atom is -0.497 e. The lowest BCUT2D eigenvalue weighted by Gasteiger charge is -2.32. The molecule has 0 aromatic heterocycles. The molecule has 2 rings (SSSR count). The highest BCUT2D eigenvalue weighted by Crippen LogP contribution is 2.20. The summed E-state index contributed by atoms with van der Waals surface area (Å²) < 4.78 is 29.8. The van der Waals surface area contributed by atoms with Crippen LogP contribution in [0.4, 0.5) is 0 Å². The number of nitrogens with zero attached hydrogens (tertiary/aromatic N) is 1. The van der Waals surface area contributed by atoms with Crippen LogP contribution in [0.5, 0.6) is 5.75 Å². The average Bonchev–Trinajstić information content (AvgIpc) is 2.53. The van der Waals surface area contributed by atoms with Crippen LogP contribution >= 0.6 is 12.4 Å². The van der Waals surface area contributed by atoms with E-state index < -0.39 is 21.8 Å². The van der Waals surface area contributed by atoms with Gasteiger partial charge in [-0.3, -0.25) is 9.69 Å². The summed E-state index contributed by atoms with van der Waals surface area (Å²) in [6, 6.07) is 5.76. The fraction of sp³-hybridized carbons (Fsp3) is 0.533. The number of aliphatic carboxylic acids is 1. The maximum atomic E-state index is 12.4.